The summed E-state index contributed by atoms with van der Waals surface area (Å²) in [5.41, 5.74) is 0.0759. The van der Waals surface area contributed by atoms with Crippen LogP contribution >= 0.6 is 11.6 Å². The molecule has 0 bridgehead atoms. The van der Waals surface area contributed by atoms with Crippen molar-refractivity contribution in [2.75, 3.05) is 19.7 Å². The van der Waals surface area contributed by atoms with Gasteiger partial charge >= 0.3 is 0 Å². The Hall–Kier alpha value is -1.66. The Balaban J connectivity index is 2.93. The van der Waals surface area contributed by atoms with Crippen molar-refractivity contribution in [3.8, 4) is 0 Å². The molecule has 1 rings (SSSR count). The SMILES string of the molecule is CCN(CCCO)C(=O)c1ccc([N+](=O)[O-])c(Cl)c1. The van der Waals surface area contributed by atoms with E-state index in [2.05, 4.69) is 0 Å². The summed E-state index contributed by atoms with van der Waals surface area (Å²) in [6, 6.07) is 3.90. The highest BCUT2D eigenvalue weighted by Crippen LogP contribution is 2.25. The van der Waals surface area contributed by atoms with Crippen molar-refractivity contribution in [1.82, 2.24) is 4.90 Å². The van der Waals surface area contributed by atoms with Crippen molar-refractivity contribution >= 4 is 23.2 Å². The Bertz CT molecular complexity index is 479. The minimum absolute atomic E-state index is 0.00476. The molecule has 0 aromatic heterocycles. The molecule has 1 aromatic rings. The van der Waals surface area contributed by atoms with E-state index in [0.29, 0.717) is 25.1 Å². The first-order valence-corrected chi connectivity index (χ1v) is 6.23. The Labute approximate surface area is 115 Å². The van der Waals surface area contributed by atoms with Crippen LogP contribution in [-0.2, 0) is 0 Å². The maximum atomic E-state index is 12.1. The molecule has 1 amide bonds. The average Bonchev–Trinajstić information content (AvgIpc) is 2.38. The number of aliphatic hydroxyl groups is 1. The molecule has 1 N–H and O–H groups in total. The molecule has 0 aliphatic rings. The van der Waals surface area contributed by atoms with Crippen LogP contribution in [0.25, 0.3) is 0 Å². The summed E-state index contributed by atoms with van der Waals surface area (Å²) >= 11 is 5.77. The molecule has 104 valence electrons. The van der Waals surface area contributed by atoms with Gasteiger partial charge in [-0.25, -0.2) is 0 Å². The zero-order chi connectivity index (χ0) is 14.4. The number of amides is 1. The van der Waals surface area contributed by atoms with Crippen LogP contribution in [0.4, 0.5) is 5.69 Å². The summed E-state index contributed by atoms with van der Waals surface area (Å²) in [4.78, 5) is 23.7. The lowest BCUT2D eigenvalue weighted by atomic mass is 10.1. The van der Waals surface area contributed by atoms with Crippen molar-refractivity contribution in [2.45, 2.75) is 13.3 Å². The van der Waals surface area contributed by atoms with Gasteiger partial charge in [0, 0.05) is 31.3 Å². The lowest BCUT2D eigenvalue weighted by Gasteiger charge is -2.20. The molecule has 1 aromatic carbocycles. The second-order valence-corrected chi connectivity index (χ2v) is 4.29. The summed E-state index contributed by atoms with van der Waals surface area (Å²) in [5.74, 6) is -0.257. The molecule has 7 heteroatoms. The molecular formula is C12H15ClN2O4. The minimum Gasteiger partial charge on any atom is -0.396 e. The fraction of sp³-hybridized carbons (Fsp3) is 0.417. The number of hydrogen-bond acceptors (Lipinski definition) is 4. The standard InChI is InChI=1S/C12H15ClN2O4/c1-2-14(6-3-7-16)12(17)9-4-5-11(15(18)19)10(13)8-9/h4-5,8,16H,2-3,6-7H2,1H3. The van der Waals surface area contributed by atoms with Gasteiger partial charge in [0.05, 0.1) is 4.92 Å². The average molecular weight is 287 g/mol. The highest BCUT2D eigenvalue weighted by atomic mass is 35.5. The number of aliphatic hydroxyl groups excluding tert-OH is 1. The summed E-state index contributed by atoms with van der Waals surface area (Å²) < 4.78 is 0. The lowest BCUT2D eigenvalue weighted by molar-refractivity contribution is -0.384. The molecule has 0 aliphatic heterocycles. The first-order valence-electron chi connectivity index (χ1n) is 5.85. The number of halogens is 1. The van der Waals surface area contributed by atoms with Crippen LogP contribution in [0.3, 0.4) is 0 Å². The fourth-order valence-electron chi connectivity index (χ4n) is 1.64. The van der Waals surface area contributed by atoms with E-state index in [-0.39, 0.29) is 23.2 Å². The van der Waals surface area contributed by atoms with Gasteiger partial charge in [0.25, 0.3) is 11.6 Å². The maximum Gasteiger partial charge on any atom is 0.287 e. The fourth-order valence-corrected chi connectivity index (χ4v) is 1.88. The second kappa shape index (κ2) is 7.06. The third-order valence-electron chi connectivity index (χ3n) is 2.65. The largest absolute Gasteiger partial charge is 0.396 e. The number of nitrogens with zero attached hydrogens (tertiary/aromatic N) is 2. The summed E-state index contributed by atoms with van der Waals surface area (Å²) in [6.07, 6.45) is 0.486. The number of rotatable bonds is 6. The summed E-state index contributed by atoms with van der Waals surface area (Å²) in [5, 5.41) is 19.3. The number of hydrogen-bond donors (Lipinski definition) is 1. The molecule has 0 spiro atoms. The van der Waals surface area contributed by atoms with Crippen LogP contribution < -0.4 is 0 Å². The Morgan fingerprint density at radius 1 is 1.53 bits per heavy atom. The third kappa shape index (κ3) is 3.90. The third-order valence-corrected chi connectivity index (χ3v) is 2.95. The van der Waals surface area contributed by atoms with Crippen LogP contribution in [0.2, 0.25) is 5.02 Å². The summed E-state index contributed by atoms with van der Waals surface area (Å²) in [6.45, 7) is 2.75. The van der Waals surface area contributed by atoms with Gasteiger partial charge in [-0.1, -0.05) is 11.6 Å². The first kappa shape index (κ1) is 15.4. The molecule has 0 saturated heterocycles. The lowest BCUT2D eigenvalue weighted by Crippen LogP contribution is -2.32. The van der Waals surface area contributed by atoms with Gasteiger partial charge in [0.2, 0.25) is 0 Å². The van der Waals surface area contributed by atoms with E-state index < -0.39 is 4.92 Å². The van der Waals surface area contributed by atoms with Crippen molar-refractivity contribution in [3.05, 3.63) is 38.9 Å². The zero-order valence-corrected chi connectivity index (χ0v) is 11.3. The molecule has 0 fully saturated rings. The number of carbonyl (C=O) groups is 1. The molecule has 0 saturated carbocycles. The van der Waals surface area contributed by atoms with Crippen LogP contribution in [0.15, 0.2) is 18.2 Å². The normalized spacial score (nSPS) is 10.3. The number of nitro groups is 1. The van der Waals surface area contributed by atoms with Gasteiger partial charge in [0.15, 0.2) is 0 Å². The maximum absolute atomic E-state index is 12.1. The Morgan fingerprint density at radius 3 is 2.68 bits per heavy atom. The van der Waals surface area contributed by atoms with Gasteiger partial charge in [0.1, 0.15) is 5.02 Å². The molecule has 0 radical (unpaired) electrons. The van der Waals surface area contributed by atoms with Crippen molar-refractivity contribution in [2.24, 2.45) is 0 Å². The van der Waals surface area contributed by atoms with E-state index >= 15 is 0 Å². The Morgan fingerprint density at radius 2 is 2.21 bits per heavy atom. The molecule has 0 aliphatic carbocycles. The molecule has 0 atom stereocenters. The van der Waals surface area contributed by atoms with E-state index in [1.807, 2.05) is 6.92 Å². The first-order chi connectivity index (χ1) is 9.01. The quantitative estimate of drug-likeness (QED) is 0.641. The molecule has 0 heterocycles. The van der Waals surface area contributed by atoms with E-state index in [9.17, 15) is 14.9 Å². The van der Waals surface area contributed by atoms with E-state index in [1.54, 1.807) is 4.90 Å². The van der Waals surface area contributed by atoms with Gasteiger partial charge in [-0.3, -0.25) is 14.9 Å². The highest BCUT2D eigenvalue weighted by molar-refractivity contribution is 6.33. The van der Waals surface area contributed by atoms with Crippen molar-refractivity contribution < 1.29 is 14.8 Å². The van der Waals surface area contributed by atoms with Crippen LogP contribution in [0, 0.1) is 10.1 Å². The van der Waals surface area contributed by atoms with E-state index in [4.69, 9.17) is 16.7 Å². The van der Waals surface area contributed by atoms with Crippen LogP contribution in [-0.4, -0.2) is 40.5 Å². The second-order valence-electron chi connectivity index (χ2n) is 3.89. The topological polar surface area (TPSA) is 83.7 Å². The smallest absolute Gasteiger partial charge is 0.287 e. The van der Waals surface area contributed by atoms with Crippen molar-refractivity contribution in [1.29, 1.82) is 0 Å². The highest BCUT2D eigenvalue weighted by Gasteiger charge is 2.18. The molecule has 6 nitrogen and oxygen atoms in total. The number of carbonyl (C=O) groups excluding carboxylic acids is 1. The number of benzene rings is 1. The van der Waals surface area contributed by atoms with E-state index in [1.165, 1.54) is 18.2 Å². The predicted molar refractivity (Wildman–Crippen MR) is 71.4 cm³/mol. The molecule has 0 unspecified atom stereocenters. The molecular weight excluding hydrogens is 272 g/mol. The predicted octanol–water partition coefficient (Wildman–Crippen LogP) is 2.09. The number of nitro benzene ring substituents is 1. The van der Waals surface area contributed by atoms with Gasteiger partial charge in [-0.2, -0.15) is 0 Å². The Kier molecular flexibility index (Phi) is 5.72. The van der Waals surface area contributed by atoms with Gasteiger partial charge in [-0.15, -0.1) is 0 Å². The van der Waals surface area contributed by atoms with Crippen LogP contribution in [0.5, 0.6) is 0 Å². The van der Waals surface area contributed by atoms with Gasteiger partial charge in [-0.05, 0) is 25.5 Å². The van der Waals surface area contributed by atoms with Gasteiger partial charge < -0.3 is 10.0 Å². The monoisotopic (exact) mass is 286 g/mol. The van der Waals surface area contributed by atoms with E-state index in [0.717, 1.165) is 0 Å². The zero-order valence-electron chi connectivity index (χ0n) is 10.5. The van der Waals surface area contributed by atoms with Crippen molar-refractivity contribution in [3.63, 3.8) is 0 Å². The minimum atomic E-state index is -0.597. The molecule has 19 heavy (non-hydrogen) atoms. The van der Waals surface area contributed by atoms with Crippen LogP contribution in [0.1, 0.15) is 23.7 Å². The summed E-state index contributed by atoms with van der Waals surface area (Å²) in [7, 11) is 0.